The number of nitrogens with zero attached hydrogens (tertiary/aromatic N) is 2. The Labute approximate surface area is 120 Å². The third-order valence-corrected chi connectivity index (χ3v) is 4.19. The monoisotopic (exact) mass is 290 g/mol. The van der Waals surface area contributed by atoms with E-state index in [1.54, 1.807) is 11.9 Å². The van der Waals surface area contributed by atoms with E-state index < -0.39 is 4.92 Å². The van der Waals surface area contributed by atoms with Gasteiger partial charge in [0, 0.05) is 13.1 Å². The lowest BCUT2D eigenvalue weighted by Crippen LogP contribution is -2.28. The van der Waals surface area contributed by atoms with Gasteiger partial charge in [0.1, 0.15) is 0 Å². The van der Waals surface area contributed by atoms with E-state index in [0.29, 0.717) is 4.88 Å². The van der Waals surface area contributed by atoms with Gasteiger partial charge in [-0.15, -0.1) is 0 Å². The molecule has 0 radical (unpaired) electrons. The van der Waals surface area contributed by atoms with Crippen LogP contribution in [0.4, 0.5) is 5.00 Å². The van der Waals surface area contributed by atoms with E-state index in [1.807, 2.05) is 37.3 Å². The molecule has 0 bridgehead atoms. The number of nitro groups is 1. The molecule has 1 heterocycles. The molecular weight excluding hydrogens is 276 g/mol. The van der Waals surface area contributed by atoms with Crippen molar-refractivity contribution in [1.82, 2.24) is 4.90 Å². The van der Waals surface area contributed by atoms with Crippen LogP contribution < -0.4 is 0 Å². The first kappa shape index (κ1) is 14.2. The van der Waals surface area contributed by atoms with Gasteiger partial charge in [-0.05, 0) is 18.6 Å². The number of rotatable bonds is 4. The van der Waals surface area contributed by atoms with Crippen LogP contribution in [0.1, 0.15) is 28.2 Å². The maximum atomic E-state index is 12.3. The molecule has 0 fully saturated rings. The third-order valence-electron chi connectivity index (χ3n) is 3.17. The summed E-state index contributed by atoms with van der Waals surface area (Å²) < 4.78 is 0. The van der Waals surface area contributed by atoms with Crippen LogP contribution in [0, 0.1) is 10.1 Å². The predicted octanol–water partition coefficient (Wildman–Crippen LogP) is 3.49. The molecule has 0 aliphatic heterocycles. The summed E-state index contributed by atoms with van der Waals surface area (Å²) in [6.45, 7) is 1.93. The fourth-order valence-electron chi connectivity index (χ4n) is 1.85. The van der Waals surface area contributed by atoms with Crippen LogP contribution in [0.15, 0.2) is 42.5 Å². The fraction of sp³-hybridized carbons (Fsp3) is 0.214. The van der Waals surface area contributed by atoms with Crippen molar-refractivity contribution in [3.63, 3.8) is 0 Å². The van der Waals surface area contributed by atoms with Crippen molar-refractivity contribution in [2.45, 2.75) is 13.0 Å². The predicted molar refractivity (Wildman–Crippen MR) is 77.9 cm³/mol. The number of carbonyl (C=O) groups is 1. The molecule has 6 heteroatoms. The Hall–Kier alpha value is -2.21. The highest BCUT2D eigenvalue weighted by Crippen LogP contribution is 2.27. The Kier molecular flexibility index (Phi) is 4.14. The Balaban J connectivity index is 2.17. The fourth-order valence-corrected chi connectivity index (χ4v) is 2.65. The molecule has 0 spiro atoms. The molecule has 1 aromatic heterocycles. The van der Waals surface area contributed by atoms with E-state index in [4.69, 9.17) is 0 Å². The second-order valence-electron chi connectivity index (χ2n) is 4.40. The van der Waals surface area contributed by atoms with Crippen LogP contribution in [0.2, 0.25) is 0 Å². The summed E-state index contributed by atoms with van der Waals surface area (Å²) in [4.78, 5) is 24.4. The third kappa shape index (κ3) is 2.85. The van der Waals surface area contributed by atoms with Gasteiger partial charge in [0.2, 0.25) is 0 Å². The zero-order chi connectivity index (χ0) is 14.7. The van der Waals surface area contributed by atoms with E-state index in [1.165, 1.54) is 12.1 Å². The zero-order valence-corrected chi connectivity index (χ0v) is 12.0. The number of hydrogen-bond acceptors (Lipinski definition) is 4. The molecular formula is C14H14N2O3S. The maximum Gasteiger partial charge on any atom is 0.324 e. The van der Waals surface area contributed by atoms with Crippen LogP contribution >= 0.6 is 11.3 Å². The first-order chi connectivity index (χ1) is 9.50. The van der Waals surface area contributed by atoms with Crippen LogP contribution in [-0.2, 0) is 0 Å². The highest BCUT2D eigenvalue weighted by Gasteiger charge is 2.22. The summed E-state index contributed by atoms with van der Waals surface area (Å²) >= 11 is 0.900. The van der Waals surface area contributed by atoms with Crippen molar-refractivity contribution in [3.8, 4) is 0 Å². The summed E-state index contributed by atoms with van der Waals surface area (Å²) in [6, 6.07) is 12.4. The molecule has 104 valence electrons. The molecule has 2 aromatic rings. The SMILES string of the molecule is C[C@H](c1ccccc1)N(C)C(=O)c1ccc([N+](=O)[O-])s1. The zero-order valence-electron chi connectivity index (χ0n) is 11.1. The lowest BCUT2D eigenvalue weighted by Gasteiger charge is -2.24. The topological polar surface area (TPSA) is 63.5 Å². The van der Waals surface area contributed by atoms with Gasteiger partial charge in [0.15, 0.2) is 0 Å². The second-order valence-corrected chi connectivity index (χ2v) is 5.46. The number of benzene rings is 1. The van der Waals surface area contributed by atoms with Crippen LogP contribution in [-0.4, -0.2) is 22.8 Å². The average Bonchev–Trinajstić information content (AvgIpc) is 2.96. The molecule has 20 heavy (non-hydrogen) atoms. The van der Waals surface area contributed by atoms with Gasteiger partial charge >= 0.3 is 5.00 Å². The van der Waals surface area contributed by atoms with Gasteiger partial charge in [0.05, 0.1) is 15.8 Å². The van der Waals surface area contributed by atoms with Crippen molar-refractivity contribution < 1.29 is 9.72 Å². The molecule has 0 aliphatic carbocycles. The summed E-state index contributed by atoms with van der Waals surface area (Å²) in [7, 11) is 1.70. The normalized spacial score (nSPS) is 11.9. The van der Waals surface area contributed by atoms with Crippen molar-refractivity contribution in [1.29, 1.82) is 0 Å². The van der Waals surface area contributed by atoms with Gasteiger partial charge in [-0.3, -0.25) is 14.9 Å². The Bertz CT molecular complexity index is 624. The molecule has 0 aliphatic rings. The summed E-state index contributed by atoms with van der Waals surface area (Å²) in [5.41, 5.74) is 1.02. The maximum absolute atomic E-state index is 12.3. The minimum absolute atomic E-state index is 0.0193. The average molecular weight is 290 g/mol. The molecule has 1 amide bonds. The van der Waals surface area contributed by atoms with Crippen LogP contribution in [0.5, 0.6) is 0 Å². The highest BCUT2D eigenvalue weighted by atomic mass is 32.1. The first-order valence-electron chi connectivity index (χ1n) is 6.07. The van der Waals surface area contributed by atoms with Crippen molar-refractivity contribution in [2.24, 2.45) is 0 Å². The van der Waals surface area contributed by atoms with Gasteiger partial charge in [-0.1, -0.05) is 41.7 Å². The van der Waals surface area contributed by atoms with E-state index in [0.717, 1.165) is 16.9 Å². The molecule has 2 rings (SSSR count). The molecule has 5 nitrogen and oxygen atoms in total. The van der Waals surface area contributed by atoms with Gasteiger partial charge in [-0.2, -0.15) is 0 Å². The standard InChI is InChI=1S/C14H14N2O3S/c1-10(11-6-4-3-5-7-11)15(2)14(17)12-8-9-13(20-12)16(18)19/h3-10H,1-2H3/t10-/m1/s1. The Morgan fingerprint density at radius 3 is 2.45 bits per heavy atom. The van der Waals surface area contributed by atoms with Crippen molar-refractivity contribution in [3.05, 3.63) is 63.0 Å². The molecule has 0 saturated carbocycles. The van der Waals surface area contributed by atoms with Gasteiger partial charge < -0.3 is 4.90 Å². The van der Waals surface area contributed by atoms with Crippen molar-refractivity contribution in [2.75, 3.05) is 7.05 Å². The van der Waals surface area contributed by atoms with E-state index in [9.17, 15) is 14.9 Å². The van der Waals surface area contributed by atoms with Gasteiger partial charge in [-0.25, -0.2) is 0 Å². The number of carbonyl (C=O) groups excluding carboxylic acids is 1. The minimum Gasteiger partial charge on any atom is -0.334 e. The summed E-state index contributed by atoms with van der Waals surface area (Å²) in [5.74, 6) is -0.209. The second kappa shape index (κ2) is 5.83. The lowest BCUT2D eigenvalue weighted by atomic mass is 10.1. The molecule has 0 saturated heterocycles. The van der Waals surface area contributed by atoms with Crippen LogP contribution in [0.3, 0.4) is 0 Å². The smallest absolute Gasteiger partial charge is 0.324 e. The molecule has 1 aromatic carbocycles. The number of thiophene rings is 1. The van der Waals surface area contributed by atoms with Crippen molar-refractivity contribution >= 4 is 22.2 Å². The highest BCUT2D eigenvalue weighted by molar-refractivity contribution is 7.17. The number of amides is 1. The lowest BCUT2D eigenvalue weighted by molar-refractivity contribution is -0.380. The quantitative estimate of drug-likeness (QED) is 0.639. The molecule has 0 unspecified atom stereocenters. The van der Waals surface area contributed by atoms with E-state index in [2.05, 4.69) is 0 Å². The Morgan fingerprint density at radius 2 is 1.90 bits per heavy atom. The largest absolute Gasteiger partial charge is 0.334 e. The van der Waals surface area contributed by atoms with E-state index in [-0.39, 0.29) is 17.0 Å². The van der Waals surface area contributed by atoms with Crippen LogP contribution in [0.25, 0.3) is 0 Å². The Morgan fingerprint density at radius 1 is 1.25 bits per heavy atom. The van der Waals surface area contributed by atoms with E-state index >= 15 is 0 Å². The summed E-state index contributed by atoms with van der Waals surface area (Å²) in [6.07, 6.45) is 0. The summed E-state index contributed by atoms with van der Waals surface area (Å²) in [5, 5.41) is 10.6. The van der Waals surface area contributed by atoms with Gasteiger partial charge in [0.25, 0.3) is 5.91 Å². The first-order valence-corrected chi connectivity index (χ1v) is 6.88. The number of hydrogen-bond donors (Lipinski definition) is 0. The molecule has 1 atom stereocenters. The minimum atomic E-state index is -0.484. The molecule has 0 N–H and O–H groups in total.